The van der Waals surface area contributed by atoms with Crippen LogP contribution in [-0.4, -0.2) is 67.3 Å². The van der Waals surface area contributed by atoms with Crippen LogP contribution in [0.25, 0.3) is 10.9 Å². The topological polar surface area (TPSA) is 68.4 Å². The van der Waals surface area contributed by atoms with Gasteiger partial charge in [-0.15, -0.1) is 0 Å². The molecule has 0 amide bonds. The zero-order valence-electron chi connectivity index (χ0n) is 20.0. The van der Waals surface area contributed by atoms with Crippen molar-refractivity contribution in [2.24, 2.45) is 0 Å². The zero-order valence-corrected chi connectivity index (χ0v) is 20.8. The van der Waals surface area contributed by atoms with E-state index in [1.165, 1.54) is 30.3 Å². The lowest BCUT2D eigenvalue weighted by molar-refractivity contribution is 0.155. The van der Waals surface area contributed by atoms with E-state index >= 15 is 8.78 Å². The van der Waals surface area contributed by atoms with E-state index in [0.717, 1.165) is 10.6 Å². The molecule has 0 spiro atoms. The highest BCUT2D eigenvalue weighted by Crippen LogP contribution is 2.44. The van der Waals surface area contributed by atoms with Crippen molar-refractivity contribution < 1.29 is 26.0 Å². The summed E-state index contributed by atoms with van der Waals surface area (Å²) in [5.41, 5.74) is 1.41. The van der Waals surface area contributed by atoms with Gasteiger partial charge in [-0.25, -0.2) is 21.6 Å². The molecule has 2 aliphatic rings. The maximum Gasteiger partial charge on any atom is 0.212 e. The fraction of sp³-hybridized carbons (Fsp3) is 0.440. The van der Waals surface area contributed by atoms with E-state index in [9.17, 15) is 17.2 Å². The van der Waals surface area contributed by atoms with E-state index < -0.39 is 39.6 Å². The predicted molar refractivity (Wildman–Crippen MR) is 131 cm³/mol. The summed E-state index contributed by atoms with van der Waals surface area (Å²) in [7, 11) is -3.87. The van der Waals surface area contributed by atoms with E-state index in [-0.39, 0.29) is 30.4 Å². The van der Waals surface area contributed by atoms with Crippen LogP contribution in [-0.2, 0) is 16.4 Å². The summed E-state index contributed by atoms with van der Waals surface area (Å²) in [4.78, 5) is 5.15. The molecule has 2 N–H and O–H groups in total. The van der Waals surface area contributed by atoms with Crippen molar-refractivity contribution in [3.63, 3.8) is 0 Å². The average molecular weight is 525 g/mol. The summed E-state index contributed by atoms with van der Waals surface area (Å²) in [6.45, 7) is 3.20. The summed E-state index contributed by atoms with van der Waals surface area (Å²) in [5, 5.41) is 3.66. The molecule has 5 rings (SSSR count). The molecule has 2 aromatic carbocycles. The van der Waals surface area contributed by atoms with Crippen molar-refractivity contribution in [1.82, 2.24) is 14.2 Å². The minimum atomic E-state index is -3.87. The van der Waals surface area contributed by atoms with Gasteiger partial charge in [0, 0.05) is 53.5 Å². The Morgan fingerprint density at radius 2 is 1.81 bits per heavy atom. The molecule has 0 saturated carbocycles. The molecule has 36 heavy (non-hydrogen) atoms. The van der Waals surface area contributed by atoms with Gasteiger partial charge in [0.15, 0.2) is 0 Å². The van der Waals surface area contributed by atoms with E-state index in [2.05, 4.69) is 10.3 Å². The number of aromatic nitrogens is 1. The fourth-order valence-corrected chi connectivity index (χ4v) is 6.86. The number of anilines is 1. The van der Waals surface area contributed by atoms with E-state index in [1.807, 2.05) is 4.90 Å². The number of hydrogen-bond donors (Lipinski definition) is 2. The van der Waals surface area contributed by atoms with Gasteiger partial charge in [0.2, 0.25) is 10.0 Å². The Morgan fingerprint density at radius 1 is 1.11 bits per heavy atom. The molecule has 3 aromatic rings. The third-order valence-electron chi connectivity index (χ3n) is 7.03. The van der Waals surface area contributed by atoms with Gasteiger partial charge in [-0.05, 0) is 55.7 Å². The van der Waals surface area contributed by atoms with Crippen LogP contribution >= 0.6 is 0 Å². The van der Waals surface area contributed by atoms with Crippen LogP contribution in [0.2, 0.25) is 0 Å². The van der Waals surface area contributed by atoms with Gasteiger partial charge in [0.1, 0.15) is 17.5 Å². The summed E-state index contributed by atoms with van der Waals surface area (Å²) < 4.78 is 84.3. The van der Waals surface area contributed by atoms with Gasteiger partial charge in [0.05, 0.1) is 25.0 Å². The highest BCUT2D eigenvalue weighted by atomic mass is 32.2. The number of rotatable bonds is 7. The normalized spacial score (nSPS) is 21.5. The highest BCUT2D eigenvalue weighted by Gasteiger charge is 2.43. The molecule has 11 heteroatoms. The Kier molecular flexibility index (Phi) is 6.50. The van der Waals surface area contributed by atoms with Crippen LogP contribution in [0.15, 0.2) is 30.3 Å². The minimum absolute atomic E-state index is 0.0216. The standard InChI is InChI=1S/C25H28F4N4O2S/c1-14-8-19-18-9-15(27)4-5-22(18)31-24(19)25(33(14)36(2,34)35)23-20(28)10-16(11-21(23)29)30-17-12-32(13-17)7-3-6-26/h4-5,9-11,14,17,25,30-31H,3,6-8,12-13H2,1-2H3/t14-,25-/m0/s1. The van der Waals surface area contributed by atoms with Crippen molar-refractivity contribution in [2.75, 3.05) is 37.9 Å². The van der Waals surface area contributed by atoms with Crippen molar-refractivity contribution >= 4 is 26.6 Å². The maximum absolute atomic E-state index is 15.6. The zero-order chi connectivity index (χ0) is 25.8. The van der Waals surface area contributed by atoms with Gasteiger partial charge < -0.3 is 10.3 Å². The molecule has 6 nitrogen and oxygen atoms in total. The Morgan fingerprint density at radius 3 is 2.44 bits per heavy atom. The molecule has 1 aromatic heterocycles. The first kappa shape index (κ1) is 25.0. The number of H-pyrrole nitrogens is 1. The largest absolute Gasteiger partial charge is 0.380 e. The first-order valence-corrected chi connectivity index (χ1v) is 13.7. The van der Waals surface area contributed by atoms with Gasteiger partial charge >= 0.3 is 0 Å². The van der Waals surface area contributed by atoms with Crippen LogP contribution in [0.1, 0.15) is 36.2 Å². The van der Waals surface area contributed by atoms with Gasteiger partial charge in [-0.2, -0.15) is 4.31 Å². The molecule has 2 aliphatic heterocycles. The van der Waals surface area contributed by atoms with Crippen molar-refractivity contribution in [1.29, 1.82) is 0 Å². The summed E-state index contributed by atoms with van der Waals surface area (Å²) in [6, 6.07) is 4.59. The minimum Gasteiger partial charge on any atom is -0.380 e. The molecule has 3 heterocycles. The Balaban J connectivity index is 1.53. The quantitative estimate of drug-likeness (QED) is 0.452. The van der Waals surface area contributed by atoms with E-state index in [4.69, 9.17) is 0 Å². The van der Waals surface area contributed by atoms with Gasteiger partial charge in [-0.3, -0.25) is 9.29 Å². The summed E-state index contributed by atoms with van der Waals surface area (Å²) in [6.07, 6.45) is 1.73. The second-order valence-corrected chi connectivity index (χ2v) is 11.6. The number of sulfonamides is 1. The number of halogens is 4. The smallest absolute Gasteiger partial charge is 0.212 e. The molecule has 194 valence electrons. The van der Waals surface area contributed by atoms with Crippen LogP contribution in [0.5, 0.6) is 0 Å². The maximum atomic E-state index is 15.6. The molecule has 0 radical (unpaired) electrons. The number of nitrogens with zero attached hydrogens (tertiary/aromatic N) is 2. The van der Waals surface area contributed by atoms with Gasteiger partial charge in [-0.1, -0.05) is 0 Å². The third-order valence-corrected chi connectivity index (χ3v) is 8.37. The lowest BCUT2D eigenvalue weighted by Gasteiger charge is -2.40. The monoisotopic (exact) mass is 524 g/mol. The first-order chi connectivity index (χ1) is 17.1. The van der Waals surface area contributed by atoms with Crippen molar-refractivity contribution in [3.8, 4) is 0 Å². The first-order valence-electron chi connectivity index (χ1n) is 11.9. The fourth-order valence-electron chi connectivity index (χ4n) is 5.54. The number of alkyl halides is 1. The van der Waals surface area contributed by atoms with Crippen LogP contribution < -0.4 is 5.32 Å². The number of likely N-dealkylation sites (tertiary alicyclic amines) is 1. The molecule has 2 atom stereocenters. The number of hydrogen-bond acceptors (Lipinski definition) is 4. The summed E-state index contributed by atoms with van der Waals surface area (Å²) in [5.74, 6) is -2.21. The highest BCUT2D eigenvalue weighted by molar-refractivity contribution is 7.88. The molecule has 1 saturated heterocycles. The second-order valence-electron chi connectivity index (χ2n) is 9.75. The SMILES string of the molecule is C[C@H]1Cc2c([nH]c3ccc(F)cc23)[C@H](c2c(F)cc(NC3CN(CCCF)C3)cc2F)N1S(C)(=O)=O. The van der Waals surface area contributed by atoms with Crippen LogP contribution in [0.3, 0.4) is 0 Å². The lowest BCUT2D eigenvalue weighted by Crippen LogP contribution is -2.54. The lowest BCUT2D eigenvalue weighted by atomic mass is 9.90. The third kappa shape index (κ3) is 4.48. The number of fused-ring (bicyclic) bond motifs is 3. The number of benzene rings is 2. The van der Waals surface area contributed by atoms with E-state index in [0.29, 0.717) is 48.2 Å². The molecular formula is C25H28F4N4O2S. The molecule has 0 aliphatic carbocycles. The van der Waals surface area contributed by atoms with Crippen LogP contribution in [0, 0.1) is 17.5 Å². The Hall–Kier alpha value is -2.63. The molecule has 0 bridgehead atoms. The Bertz CT molecular complexity index is 1380. The molecule has 1 fully saturated rings. The van der Waals surface area contributed by atoms with Gasteiger partial charge in [0.25, 0.3) is 0 Å². The molecule has 0 unspecified atom stereocenters. The van der Waals surface area contributed by atoms with Crippen molar-refractivity contribution in [2.45, 2.75) is 37.9 Å². The van der Waals surface area contributed by atoms with Crippen LogP contribution in [0.4, 0.5) is 23.2 Å². The average Bonchev–Trinajstić information content (AvgIpc) is 3.11. The second kappa shape index (κ2) is 9.35. The Labute approximate surface area is 207 Å². The molecular weight excluding hydrogens is 496 g/mol. The van der Waals surface area contributed by atoms with Crippen molar-refractivity contribution in [3.05, 3.63) is 64.6 Å². The number of nitrogens with one attached hydrogen (secondary N) is 2. The predicted octanol–water partition coefficient (Wildman–Crippen LogP) is 4.34. The number of aromatic amines is 1. The van der Waals surface area contributed by atoms with E-state index in [1.54, 1.807) is 6.92 Å². The summed E-state index contributed by atoms with van der Waals surface area (Å²) >= 11 is 0.